The molecule has 6 heteroatoms. The zero-order valence-electron chi connectivity index (χ0n) is 12.4. The van der Waals surface area contributed by atoms with Crippen LogP contribution in [0.3, 0.4) is 0 Å². The molecule has 0 heterocycles. The highest BCUT2D eigenvalue weighted by Gasteiger charge is 2.30. The van der Waals surface area contributed by atoms with E-state index in [1.165, 1.54) is 12.1 Å². The second-order valence-corrected chi connectivity index (χ2v) is 6.45. The summed E-state index contributed by atoms with van der Waals surface area (Å²) in [6, 6.07) is 5.17. The van der Waals surface area contributed by atoms with Crippen molar-refractivity contribution in [3.8, 4) is 0 Å². The van der Waals surface area contributed by atoms with E-state index < -0.39 is 22.5 Å². The number of hydrogen-bond acceptors (Lipinski definition) is 2. The zero-order chi connectivity index (χ0) is 15.9. The first-order valence-corrected chi connectivity index (χ1v) is 8.49. The van der Waals surface area contributed by atoms with Gasteiger partial charge in [-0.05, 0) is 44.0 Å². The summed E-state index contributed by atoms with van der Waals surface area (Å²) in [6.07, 6.45) is -1.79. The van der Waals surface area contributed by atoms with E-state index in [4.69, 9.17) is 0 Å². The van der Waals surface area contributed by atoms with Crippen LogP contribution in [0.4, 0.5) is 13.2 Å². The molecule has 1 aromatic rings. The van der Waals surface area contributed by atoms with Crippen LogP contribution in [0.5, 0.6) is 0 Å². The standard InChI is InChI=1S/C15H22F3NOS/c1-3-13(19-4-2)8-6-10-21(20)14-9-5-7-12(11-14)15(16,17)18/h5,7,9,11,13,19H,3-4,6,8,10H2,1-2H3. The first kappa shape index (κ1) is 18.2. The van der Waals surface area contributed by atoms with Crippen LogP contribution in [-0.4, -0.2) is 22.5 Å². The highest BCUT2D eigenvalue weighted by molar-refractivity contribution is 7.85. The third-order valence-electron chi connectivity index (χ3n) is 3.29. The molecule has 1 aromatic carbocycles. The smallest absolute Gasteiger partial charge is 0.314 e. The molecule has 2 nitrogen and oxygen atoms in total. The Morgan fingerprint density at radius 3 is 2.57 bits per heavy atom. The average Bonchev–Trinajstić information content (AvgIpc) is 2.45. The van der Waals surface area contributed by atoms with Crippen LogP contribution in [0.1, 0.15) is 38.7 Å². The quantitative estimate of drug-likeness (QED) is 0.784. The van der Waals surface area contributed by atoms with Crippen molar-refractivity contribution in [3.05, 3.63) is 29.8 Å². The molecule has 0 fully saturated rings. The van der Waals surface area contributed by atoms with Gasteiger partial charge >= 0.3 is 6.18 Å². The van der Waals surface area contributed by atoms with Gasteiger partial charge in [0.2, 0.25) is 0 Å². The predicted octanol–water partition coefficient (Wildman–Crippen LogP) is 3.98. The summed E-state index contributed by atoms with van der Waals surface area (Å²) in [5.41, 5.74) is -0.743. The fourth-order valence-electron chi connectivity index (χ4n) is 2.13. The lowest BCUT2D eigenvalue weighted by molar-refractivity contribution is -0.137. The fourth-order valence-corrected chi connectivity index (χ4v) is 3.29. The van der Waals surface area contributed by atoms with E-state index >= 15 is 0 Å². The van der Waals surface area contributed by atoms with Crippen LogP contribution in [0, 0.1) is 0 Å². The van der Waals surface area contributed by atoms with Crippen molar-refractivity contribution in [3.63, 3.8) is 0 Å². The molecule has 0 aliphatic rings. The topological polar surface area (TPSA) is 29.1 Å². The van der Waals surface area contributed by atoms with E-state index in [1.807, 2.05) is 6.92 Å². The third kappa shape index (κ3) is 6.18. The highest BCUT2D eigenvalue weighted by atomic mass is 32.2. The lowest BCUT2D eigenvalue weighted by Gasteiger charge is -2.15. The molecule has 2 atom stereocenters. The Hall–Kier alpha value is -0.880. The summed E-state index contributed by atoms with van der Waals surface area (Å²) in [4.78, 5) is 0.251. The SMILES string of the molecule is CCNC(CC)CCCS(=O)c1cccc(C(F)(F)F)c1. The average molecular weight is 321 g/mol. The van der Waals surface area contributed by atoms with Gasteiger partial charge in [0.05, 0.1) is 16.4 Å². The number of nitrogens with one attached hydrogen (secondary N) is 1. The molecule has 0 aliphatic heterocycles. The van der Waals surface area contributed by atoms with Crippen LogP contribution in [0.25, 0.3) is 0 Å². The minimum Gasteiger partial charge on any atom is -0.314 e. The predicted molar refractivity (Wildman–Crippen MR) is 79.7 cm³/mol. The van der Waals surface area contributed by atoms with E-state index in [2.05, 4.69) is 12.2 Å². The van der Waals surface area contributed by atoms with E-state index in [0.717, 1.165) is 37.9 Å². The molecule has 21 heavy (non-hydrogen) atoms. The molecule has 0 amide bonds. The van der Waals surface area contributed by atoms with Crippen LogP contribution >= 0.6 is 0 Å². The summed E-state index contributed by atoms with van der Waals surface area (Å²) < 4.78 is 49.9. The van der Waals surface area contributed by atoms with Gasteiger partial charge in [0.1, 0.15) is 0 Å². The lowest BCUT2D eigenvalue weighted by atomic mass is 10.1. The lowest BCUT2D eigenvalue weighted by Crippen LogP contribution is -2.28. The fraction of sp³-hybridized carbons (Fsp3) is 0.600. The maximum Gasteiger partial charge on any atom is 0.416 e. The number of benzene rings is 1. The van der Waals surface area contributed by atoms with Crippen molar-refractivity contribution >= 4 is 10.8 Å². The normalized spacial score (nSPS) is 14.9. The zero-order valence-corrected chi connectivity index (χ0v) is 13.2. The van der Waals surface area contributed by atoms with E-state index in [1.54, 1.807) is 0 Å². The molecule has 0 saturated carbocycles. The Bertz CT molecular complexity index is 462. The van der Waals surface area contributed by atoms with Gasteiger partial charge in [0, 0.05) is 16.7 Å². The van der Waals surface area contributed by atoms with Gasteiger partial charge in [-0.15, -0.1) is 0 Å². The van der Waals surface area contributed by atoms with Gasteiger partial charge in [-0.2, -0.15) is 13.2 Å². The second kappa shape index (κ2) is 8.54. The van der Waals surface area contributed by atoms with Crippen LogP contribution in [0.15, 0.2) is 29.2 Å². The molecule has 0 bridgehead atoms. The van der Waals surface area contributed by atoms with Crippen LogP contribution < -0.4 is 5.32 Å². The Labute approximate surface area is 126 Å². The largest absolute Gasteiger partial charge is 0.416 e. The van der Waals surface area contributed by atoms with E-state index in [9.17, 15) is 17.4 Å². The Balaban J connectivity index is 2.56. The Morgan fingerprint density at radius 2 is 2.00 bits per heavy atom. The van der Waals surface area contributed by atoms with Crippen LogP contribution in [0.2, 0.25) is 0 Å². The molecule has 0 radical (unpaired) electrons. The Morgan fingerprint density at radius 1 is 1.29 bits per heavy atom. The highest BCUT2D eigenvalue weighted by Crippen LogP contribution is 2.30. The number of alkyl halides is 3. The van der Waals surface area contributed by atoms with E-state index in [0.29, 0.717) is 11.8 Å². The molecule has 0 spiro atoms. The summed E-state index contributed by atoms with van der Waals surface area (Å²) in [7, 11) is -1.38. The van der Waals surface area contributed by atoms with Gasteiger partial charge in [-0.25, -0.2) is 0 Å². The number of halogens is 3. The van der Waals surface area contributed by atoms with Crippen LogP contribution in [-0.2, 0) is 17.0 Å². The molecule has 0 aromatic heterocycles. The van der Waals surface area contributed by atoms with Gasteiger partial charge in [0.25, 0.3) is 0 Å². The summed E-state index contributed by atoms with van der Waals surface area (Å²) >= 11 is 0. The molecular weight excluding hydrogens is 299 g/mol. The molecule has 1 rings (SSSR count). The van der Waals surface area contributed by atoms with Crippen molar-refractivity contribution in [2.75, 3.05) is 12.3 Å². The summed E-state index contributed by atoms with van der Waals surface area (Å²) in [5.74, 6) is 0.392. The van der Waals surface area contributed by atoms with E-state index in [-0.39, 0.29) is 4.90 Å². The summed E-state index contributed by atoms with van der Waals surface area (Å²) in [6.45, 7) is 5.00. The maximum atomic E-state index is 12.6. The second-order valence-electron chi connectivity index (χ2n) is 4.88. The minimum atomic E-state index is -4.39. The Kier molecular flexibility index (Phi) is 7.39. The van der Waals surface area contributed by atoms with Gasteiger partial charge in [-0.3, -0.25) is 4.21 Å². The van der Waals surface area contributed by atoms with Crippen molar-refractivity contribution in [2.45, 2.75) is 50.2 Å². The number of rotatable bonds is 8. The molecule has 1 N–H and O–H groups in total. The van der Waals surface area contributed by atoms with Gasteiger partial charge < -0.3 is 5.32 Å². The van der Waals surface area contributed by atoms with Gasteiger partial charge in [0.15, 0.2) is 0 Å². The third-order valence-corrected chi connectivity index (χ3v) is 4.73. The first-order valence-electron chi connectivity index (χ1n) is 7.17. The maximum absolute atomic E-state index is 12.6. The number of hydrogen-bond donors (Lipinski definition) is 1. The minimum absolute atomic E-state index is 0.251. The molecule has 0 saturated heterocycles. The van der Waals surface area contributed by atoms with Crippen molar-refractivity contribution in [1.29, 1.82) is 0 Å². The van der Waals surface area contributed by atoms with Crippen molar-refractivity contribution < 1.29 is 17.4 Å². The molecular formula is C15H22F3NOS. The molecule has 0 aliphatic carbocycles. The van der Waals surface area contributed by atoms with Crippen molar-refractivity contribution in [2.24, 2.45) is 0 Å². The molecule has 2 unspecified atom stereocenters. The first-order chi connectivity index (χ1) is 9.88. The van der Waals surface area contributed by atoms with Crippen molar-refractivity contribution in [1.82, 2.24) is 5.32 Å². The monoisotopic (exact) mass is 321 g/mol. The molecule has 120 valence electrons. The van der Waals surface area contributed by atoms with Gasteiger partial charge in [-0.1, -0.05) is 19.9 Å². The summed E-state index contributed by atoms with van der Waals surface area (Å²) in [5, 5.41) is 3.33.